The number of carbonyl (C=O) groups excluding carboxylic acids is 2. The summed E-state index contributed by atoms with van der Waals surface area (Å²) in [6, 6.07) is 3.66. The predicted octanol–water partition coefficient (Wildman–Crippen LogP) is 5.19. The smallest absolute Gasteiger partial charge is 0.337 e. The Kier molecular flexibility index (Phi) is 7.15. The van der Waals surface area contributed by atoms with Gasteiger partial charge in [0.25, 0.3) is 0 Å². The number of ether oxygens (including phenoxy) is 4. The first kappa shape index (κ1) is 25.1. The maximum Gasteiger partial charge on any atom is 0.337 e. The summed E-state index contributed by atoms with van der Waals surface area (Å²) in [5, 5.41) is 3.40. The molecule has 0 amide bonds. The largest absolute Gasteiger partial charge is 0.493 e. The Bertz CT molecular complexity index is 1050. The summed E-state index contributed by atoms with van der Waals surface area (Å²) in [4.78, 5) is 27.2. The van der Waals surface area contributed by atoms with Crippen LogP contribution in [0.25, 0.3) is 0 Å². The van der Waals surface area contributed by atoms with Gasteiger partial charge in [0.05, 0.1) is 26.9 Å². The molecule has 0 aromatic heterocycles. The van der Waals surface area contributed by atoms with Gasteiger partial charge >= 0.3 is 5.97 Å². The van der Waals surface area contributed by atoms with Crippen molar-refractivity contribution < 1.29 is 28.5 Å². The molecule has 7 heteroatoms. The van der Waals surface area contributed by atoms with E-state index in [-0.39, 0.29) is 23.3 Å². The van der Waals surface area contributed by atoms with E-state index in [1.54, 1.807) is 21.3 Å². The van der Waals surface area contributed by atoms with Crippen LogP contribution in [0.5, 0.6) is 17.2 Å². The number of dihydropyridines is 1. The van der Waals surface area contributed by atoms with Gasteiger partial charge < -0.3 is 24.3 Å². The molecule has 4 rings (SSSR count). The second kappa shape index (κ2) is 9.96. The number of allylic oxidation sites excluding steroid dienone is 3. The normalized spacial score (nSPS) is 22.3. The highest BCUT2D eigenvalue weighted by molar-refractivity contribution is 6.04. The fourth-order valence-corrected chi connectivity index (χ4v) is 5.71. The highest BCUT2D eigenvalue weighted by Gasteiger charge is 2.44. The van der Waals surface area contributed by atoms with Crippen molar-refractivity contribution in [1.82, 2.24) is 5.32 Å². The molecular formula is C28H37NO6. The lowest BCUT2D eigenvalue weighted by molar-refractivity contribution is -0.146. The third kappa shape index (κ3) is 4.91. The summed E-state index contributed by atoms with van der Waals surface area (Å²) in [7, 11) is 4.67. The van der Waals surface area contributed by atoms with Gasteiger partial charge in [-0.25, -0.2) is 4.79 Å². The average Bonchev–Trinajstić information content (AvgIpc) is 2.81. The van der Waals surface area contributed by atoms with Crippen LogP contribution >= 0.6 is 0 Å². The van der Waals surface area contributed by atoms with E-state index in [4.69, 9.17) is 18.9 Å². The minimum absolute atomic E-state index is 0.0398. The molecule has 0 radical (unpaired) electrons. The van der Waals surface area contributed by atoms with Crippen molar-refractivity contribution in [3.63, 3.8) is 0 Å². The molecule has 1 aromatic carbocycles. The molecule has 2 aliphatic carbocycles. The highest BCUT2D eigenvalue weighted by Crippen LogP contribution is 2.49. The van der Waals surface area contributed by atoms with Gasteiger partial charge in [0.15, 0.2) is 17.3 Å². The number of hydrogen-bond donors (Lipinski definition) is 1. The van der Waals surface area contributed by atoms with Crippen molar-refractivity contribution in [3.05, 3.63) is 40.2 Å². The molecule has 0 spiro atoms. The van der Waals surface area contributed by atoms with Crippen LogP contribution in [0, 0.1) is 5.41 Å². The van der Waals surface area contributed by atoms with Crippen molar-refractivity contribution in [2.45, 2.75) is 77.7 Å². The maximum atomic E-state index is 13.7. The Hall–Kier alpha value is -2.96. The SMILES string of the molecule is COc1cc(C2C(C(=O)OC3CCCCC3)=C(C)NC3=C2C(=O)CC(C)(C)C3)cc(OC)c1OC. The van der Waals surface area contributed by atoms with Crippen molar-refractivity contribution in [2.24, 2.45) is 5.41 Å². The van der Waals surface area contributed by atoms with Crippen molar-refractivity contribution in [3.8, 4) is 17.2 Å². The fourth-order valence-electron chi connectivity index (χ4n) is 5.71. The molecule has 35 heavy (non-hydrogen) atoms. The number of methoxy groups -OCH3 is 3. The molecule has 1 fully saturated rings. The number of esters is 1. The molecule has 1 atom stereocenters. The number of Topliss-reactive ketones (excluding diaryl/α,β-unsaturated/α-hetero) is 1. The standard InChI is InChI=1S/C28H37NO6/c1-16-23(27(31)35-18-10-8-7-9-11-18)24(25-19(29-16)14-28(2,3)15-20(25)30)17-12-21(32-4)26(34-6)22(13-17)33-5/h12-13,18,24,29H,7-11,14-15H2,1-6H3. The number of benzene rings is 1. The molecule has 1 saturated carbocycles. The zero-order valence-electron chi connectivity index (χ0n) is 21.7. The van der Waals surface area contributed by atoms with Gasteiger partial charge in [-0.05, 0) is 62.1 Å². The van der Waals surface area contributed by atoms with Crippen molar-refractivity contribution in [2.75, 3.05) is 21.3 Å². The Labute approximate surface area is 207 Å². The van der Waals surface area contributed by atoms with Crippen LogP contribution in [0.1, 0.15) is 77.2 Å². The summed E-state index contributed by atoms with van der Waals surface area (Å²) in [6.07, 6.45) is 6.10. The third-order valence-corrected chi connectivity index (χ3v) is 7.31. The van der Waals surface area contributed by atoms with E-state index in [0.717, 1.165) is 43.4 Å². The summed E-state index contributed by atoms with van der Waals surface area (Å²) >= 11 is 0. The minimum Gasteiger partial charge on any atom is -0.493 e. The second-order valence-corrected chi connectivity index (χ2v) is 10.6. The lowest BCUT2D eigenvalue weighted by Gasteiger charge is -2.39. The van der Waals surface area contributed by atoms with Gasteiger partial charge in [0.2, 0.25) is 5.75 Å². The van der Waals surface area contributed by atoms with E-state index in [1.165, 1.54) is 6.42 Å². The van der Waals surface area contributed by atoms with Crippen molar-refractivity contribution >= 4 is 11.8 Å². The number of rotatable bonds is 6. The van der Waals surface area contributed by atoms with E-state index in [1.807, 2.05) is 19.1 Å². The molecule has 190 valence electrons. The van der Waals surface area contributed by atoms with E-state index in [2.05, 4.69) is 19.2 Å². The predicted molar refractivity (Wildman–Crippen MR) is 133 cm³/mol. The molecule has 1 unspecified atom stereocenters. The first-order valence-corrected chi connectivity index (χ1v) is 12.4. The molecule has 0 bridgehead atoms. The third-order valence-electron chi connectivity index (χ3n) is 7.31. The molecular weight excluding hydrogens is 446 g/mol. The summed E-state index contributed by atoms with van der Waals surface area (Å²) in [5.74, 6) is 0.500. The van der Waals surface area contributed by atoms with Crippen LogP contribution in [0.2, 0.25) is 0 Å². The van der Waals surface area contributed by atoms with Crippen molar-refractivity contribution in [1.29, 1.82) is 0 Å². The molecule has 1 heterocycles. The Morgan fingerprint density at radius 3 is 2.17 bits per heavy atom. The Morgan fingerprint density at radius 2 is 1.60 bits per heavy atom. The summed E-state index contributed by atoms with van der Waals surface area (Å²) < 4.78 is 22.7. The van der Waals surface area contributed by atoms with E-state index in [0.29, 0.717) is 40.5 Å². The quantitative estimate of drug-likeness (QED) is 0.557. The molecule has 7 nitrogen and oxygen atoms in total. The molecule has 1 N–H and O–H groups in total. The van der Waals surface area contributed by atoms with Crippen LogP contribution in [0.4, 0.5) is 0 Å². The zero-order valence-corrected chi connectivity index (χ0v) is 21.7. The molecule has 1 aliphatic heterocycles. The van der Waals surface area contributed by atoms with Crippen LogP contribution in [-0.2, 0) is 14.3 Å². The topological polar surface area (TPSA) is 83.1 Å². The van der Waals surface area contributed by atoms with Crippen LogP contribution in [0.3, 0.4) is 0 Å². The average molecular weight is 484 g/mol. The van der Waals surface area contributed by atoms with Crippen LogP contribution in [0.15, 0.2) is 34.7 Å². The summed E-state index contributed by atoms with van der Waals surface area (Å²) in [5.41, 5.74) is 3.25. The fraction of sp³-hybridized carbons (Fsp3) is 0.571. The number of hydrogen-bond acceptors (Lipinski definition) is 7. The molecule has 0 saturated heterocycles. The molecule has 1 aromatic rings. The van der Waals surface area contributed by atoms with E-state index < -0.39 is 5.92 Å². The molecule has 3 aliphatic rings. The highest BCUT2D eigenvalue weighted by atomic mass is 16.5. The van der Waals surface area contributed by atoms with Gasteiger partial charge in [0, 0.05) is 29.3 Å². The van der Waals surface area contributed by atoms with Gasteiger partial charge in [0.1, 0.15) is 6.10 Å². The maximum absolute atomic E-state index is 13.7. The Balaban J connectivity index is 1.85. The summed E-state index contributed by atoms with van der Waals surface area (Å²) in [6.45, 7) is 6.08. The Morgan fingerprint density at radius 1 is 0.971 bits per heavy atom. The first-order chi connectivity index (χ1) is 16.7. The number of nitrogens with one attached hydrogen (secondary N) is 1. The van der Waals surface area contributed by atoms with Crippen LogP contribution < -0.4 is 19.5 Å². The lowest BCUT2D eigenvalue weighted by atomic mass is 9.68. The zero-order chi connectivity index (χ0) is 25.3. The van der Waals surface area contributed by atoms with E-state index in [9.17, 15) is 9.59 Å². The number of ketones is 1. The monoisotopic (exact) mass is 483 g/mol. The van der Waals surface area contributed by atoms with Crippen LogP contribution in [-0.4, -0.2) is 39.2 Å². The lowest BCUT2D eigenvalue weighted by Crippen LogP contribution is -2.39. The van der Waals surface area contributed by atoms with Gasteiger partial charge in [-0.3, -0.25) is 4.79 Å². The second-order valence-electron chi connectivity index (χ2n) is 10.6. The minimum atomic E-state index is -0.584. The van der Waals surface area contributed by atoms with E-state index >= 15 is 0 Å². The van der Waals surface area contributed by atoms with Gasteiger partial charge in [-0.15, -0.1) is 0 Å². The first-order valence-electron chi connectivity index (χ1n) is 12.4. The van der Waals surface area contributed by atoms with Gasteiger partial charge in [-0.2, -0.15) is 0 Å². The number of carbonyl (C=O) groups is 2. The van der Waals surface area contributed by atoms with Gasteiger partial charge in [-0.1, -0.05) is 20.3 Å².